The summed E-state index contributed by atoms with van der Waals surface area (Å²) in [6.45, 7) is 3.42. The highest BCUT2D eigenvalue weighted by Gasteiger charge is 2.27. The van der Waals surface area contributed by atoms with E-state index in [2.05, 4.69) is 16.0 Å². The minimum atomic E-state index is -0.596. The third kappa shape index (κ3) is 4.02. The monoisotopic (exact) mass is 405 g/mol. The quantitative estimate of drug-likeness (QED) is 0.736. The lowest BCUT2D eigenvalue weighted by atomic mass is 10.2. The van der Waals surface area contributed by atoms with Crippen LogP contribution in [0.25, 0.3) is 0 Å². The molecule has 8 heteroatoms. The standard InChI is InChI=1S/C19H20ClN3O3S/c1-11-12(2)23(13-5-3-4-6-13)18(14(11)9-21)22-17(24)10-26-19(25)15-7-8-16(20)27-15/h7-8,13H,3-6,10H2,1-2H3,(H,22,24). The Bertz CT molecular complexity index is 920. The van der Waals surface area contributed by atoms with Gasteiger partial charge in [0.25, 0.3) is 5.91 Å². The first-order valence-electron chi connectivity index (χ1n) is 8.76. The maximum atomic E-state index is 12.4. The van der Waals surface area contributed by atoms with Crippen molar-refractivity contribution >= 4 is 40.6 Å². The average Bonchev–Trinajstić information content (AvgIpc) is 3.35. The molecule has 0 atom stereocenters. The number of hydrogen-bond donors (Lipinski definition) is 1. The molecule has 0 unspecified atom stereocenters. The Morgan fingerprint density at radius 2 is 2.07 bits per heavy atom. The predicted molar refractivity (Wildman–Crippen MR) is 104 cm³/mol. The van der Waals surface area contributed by atoms with Crippen LogP contribution in [0.15, 0.2) is 12.1 Å². The number of carbonyl (C=O) groups excluding carboxylic acids is 2. The lowest BCUT2D eigenvalue weighted by Gasteiger charge is -2.19. The molecule has 3 rings (SSSR count). The van der Waals surface area contributed by atoms with E-state index in [4.69, 9.17) is 16.3 Å². The molecule has 0 bridgehead atoms. The van der Waals surface area contributed by atoms with Crippen molar-refractivity contribution in [2.75, 3.05) is 11.9 Å². The summed E-state index contributed by atoms with van der Waals surface area (Å²) in [7, 11) is 0. The van der Waals surface area contributed by atoms with Crippen LogP contribution in [-0.4, -0.2) is 23.1 Å². The van der Waals surface area contributed by atoms with Crippen LogP contribution in [0, 0.1) is 25.2 Å². The van der Waals surface area contributed by atoms with Crippen LogP contribution < -0.4 is 5.32 Å². The highest BCUT2D eigenvalue weighted by Crippen LogP contribution is 2.37. The predicted octanol–water partition coefficient (Wildman–Crippen LogP) is 4.60. The second-order valence-electron chi connectivity index (χ2n) is 6.58. The van der Waals surface area contributed by atoms with Crippen molar-refractivity contribution in [3.05, 3.63) is 38.2 Å². The number of esters is 1. The molecule has 0 saturated heterocycles. The van der Waals surface area contributed by atoms with E-state index in [1.807, 2.05) is 13.8 Å². The first-order chi connectivity index (χ1) is 12.9. The van der Waals surface area contributed by atoms with Gasteiger partial charge in [0, 0.05) is 11.7 Å². The van der Waals surface area contributed by atoms with Gasteiger partial charge in [0.15, 0.2) is 6.61 Å². The van der Waals surface area contributed by atoms with Crippen molar-refractivity contribution in [3.8, 4) is 6.07 Å². The van der Waals surface area contributed by atoms with Gasteiger partial charge in [-0.15, -0.1) is 11.3 Å². The Labute approximate surface area is 166 Å². The second-order valence-corrected chi connectivity index (χ2v) is 8.30. The van der Waals surface area contributed by atoms with Gasteiger partial charge in [-0.3, -0.25) is 4.79 Å². The molecule has 0 aliphatic heterocycles. The molecule has 2 heterocycles. The van der Waals surface area contributed by atoms with Crippen molar-refractivity contribution < 1.29 is 14.3 Å². The van der Waals surface area contributed by atoms with E-state index in [1.165, 1.54) is 0 Å². The zero-order valence-electron chi connectivity index (χ0n) is 15.2. The van der Waals surface area contributed by atoms with Gasteiger partial charge >= 0.3 is 5.97 Å². The second kappa shape index (κ2) is 8.15. The maximum absolute atomic E-state index is 12.4. The molecule has 1 aliphatic carbocycles. The molecule has 27 heavy (non-hydrogen) atoms. The fourth-order valence-corrected chi connectivity index (χ4v) is 4.44. The van der Waals surface area contributed by atoms with Gasteiger partial charge in [-0.2, -0.15) is 5.26 Å². The number of hydrogen-bond acceptors (Lipinski definition) is 5. The number of thiophene rings is 1. The van der Waals surface area contributed by atoms with Gasteiger partial charge in [-0.05, 0) is 44.4 Å². The van der Waals surface area contributed by atoms with Crippen molar-refractivity contribution in [2.24, 2.45) is 0 Å². The minimum absolute atomic E-state index is 0.275. The summed E-state index contributed by atoms with van der Waals surface area (Å²) in [4.78, 5) is 24.7. The third-order valence-corrected chi connectivity index (χ3v) is 6.14. The summed E-state index contributed by atoms with van der Waals surface area (Å²) in [5, 5.41) is 12.3. The molecule has 0 radical (unpaired) electrons. The number of rotatable bonds is 5. The van der Waals surface area contributed by atoms with Crippen LogP contribution in [0.2, 0.25) is 4.34 Å². The van der Waals surface area contributed by atoms with Crippen LogP contribution >= 0.6 is 22.9 Å². The van der Waals surface area contributed by atoms with Crippen molar-refractivity contribution in [1.82, 2.24) is 4.57 Å². The number of nitrogens with one attached hydrogen (secondary N) is 1. The highest BCUT2D eigenvalue weighted by molar-refractivity contribution is 7.17. The first kappa shape index (κ1) is 19.5. The number of anilines is 1. The number of nitriles is 1. The minimum Gasteiger partial charge on any atom is -0.451 e. The Kier molecular flexibility index (Phi) is 5.88. The molecule has 6 nitrogen and oxygen atoms in total. The molecule has 1 saturated carbocycles. The zero-order valence-corrected chi connectivity index (χ0v) is 16.7. The SMILES string of the molecule is Cc1c(C#N)c(NC(=O)COC(=O)c2ccc(Cl)s2)n(C2CCCC2)c1C. The van der Waals surface area contributed by atoms with E-state index in [0.717, 1.165) is 48.3 Å². The largest absolute Gasteiger partial charge is 0.451 e. The lowest BCUT2D eigenvalue weighted by molar-refractivity contribution is -0.119. The van der Waals surface area contributed by atoms with Crippen LogP contribution in [0.4, 0.5) is 5.82 Å². The summed E-state index contributed by atoms with van der Waals surface area (Å²) in [6, 6.07) is 5.62. The number of amides is 1. The van der Waals surface area contributed by atoms with Crippen LogP contribution in [0.3, 0.4) is 0 Å². The van der Waals surface area contributed by atoms with Gasteiger partial charge in [-0.1, -0.05) is 24.4 Å². The van der Waals surface area contributed by atoms with E-state index in [-0.39, 0.29) is 6.04 Å². The molecule has 0 spiro atoms. The molecular weight excluding hydrogens is 386 g/mol. The number of nitrogens with zero attached hydrogens (tertiary/aromatic N) is 2. The van der Waals surface area contributed by atoms with Crippen LogP contribution in [0.5, 0.6) is 0 Å². The summed E-state index contributed by atoms with van der Waals surface area (Å²) in [5.74, 6) is -0.569. The zero-order chi connectivity index (χ0) is 19.6. The summed E-state index contributed by atoms with van der Waals surface area (Å²) in [5.41, 5.74) is 2.31. The summed E-state index contributed by atoms with van der Waals surface area (Å²) >= 11 is 6.90. The molecule has 1 fully saturated rings. The molecule has 1 aliphatic rings. The van der Waals surface area contributed by atoms with E-state index in [0.29, 0.717) is 20.6 Å². The maximum Gasteiger partial charge on any atom is 0.348 e. The number of ether oxygens (including phenoxy) is 1. The van der Waals surface area contributed by atoms with E-state index >= 15 is 0 Å². The molecule has 1 N–H and O–H groups in total. The van der Waals surface area contributed by atoms with E-state index in [9.17, 15) is 14.9 Å². The van der Waals surface area contributed by atoms with Crippen molar-refractivity contribution in [3.63, 3.8) is 0 Å². The van der Waals surface area contributed by atoms with Gasteiger partial charge in [0.05, 0.1) is 9.90 Å². The topological polar surface area (TPSA) is 84.1 Å². The van der Waals surface area contributed by atoms with Gasteiger partial charge in [0.2, 0.25) is 0 Å². The third-order valence-electron chi connectivity index (χ3n) is 4.92. The number of carbonyl (C=O) groups is 2. The highest BCUT2D eigenvalue weighted by atomic mass is 35.5. The molecule has 2 aromatic rings. The summed E-state index contributed by atoms with van der Waals surface area (Å²) in [6.07, 6.45) is 4.32. The van der Waals surface area contributed by atoms with Crippen molar-refractivity contribution in [2.45, 2.75) is 45.6 Å². The first-order valence-corrected chi connectivity index (χ1v) is 9.95. The van der Waals surface area contributed by atoms with Gasteiger partial charge in [0.1, 0.15) is 16.8 Å². The fourth-order valence-electron chi connectivity index (χ4n) is 3.50. The Morgan fingerprint density at radius 1 is 1.37 bits per heavy atom. The fraction of sp³-hybridized carbons (Fsp3) is 0.421. The Balaban J connectivity index is 1.74. The average molecular weight is 406 g/mol. The Hall–Kier alpha value is -2.30. The molecule has 142 valence electrons. The molecule has 2 aromatic heterocycles. The van der Waals surface area contributed by atoms with Gasteiger partial charge < -0.3 is 14.6 Å². The normalized spacial score (nSPS) is 14.1. The van der Waals surface area contributed by atoms with Gasteiger partial charge in [-0.25, -0.2) is 4.79 Å². The van der Waals surface area contributed by atoms with E-state index < -0.39 is 18.5 Å². The number of halogens is 1. The number of aromatic nitrogens is 1. The summed E-state index contributed by atoms with van der Waals surface area (Å²) < 4.78 is 7.59. The molecular formula is C19H20ClN3O3S. The van der Waals surface area contributed by atoms with E-state index in [1.54, 1.807) is 12.1 Å². The Morgan fingerprint density at radius 3 is 2.67 bits per heavy atom. The van der Waals surface area contributed by atoms with Crippen LogP contribution in [0.1, 0.15) is 58.2 Å². The molecule has 1 amide bonds. The smallest absolute Gasteiger partial charge is 0.348 e. The molecule has 0 aromatic carbocycles. The van der Waals surface area contributed by atoms with Crippen molar-refractivity contribution in [1.29, 1.82) is 5.26 Å². The lowest BCUT2D eigenvalue weighted by Crippen LogP contribution is -2.23. The van der Waals surface area contributed by atoms with Crippen LogP contribution in [-0.2, 0) is 9.53 Å².